The minimum atomic E-state index is -0.0731. The predicted molar refractivity (Wildman–Crippen MR) is 84.9 cm³/mol. The van der Waals surface area contributed by atoms with Crippen LogP contribution >= 0.6 is 0 Å². The number of amides is 1. The Labute approximate surface area is 127 Å². The average Bonchev–Trinajstić information content (AvgIpc) is 3.20. The van der Waals surface area contributed by atoms with Crippen molar-refractivity contribution in [1.82, 2.24) is 10.2 Å². The molecule has 2 atom stereocenters. The molecule has 0 bridgehead atoms. The van der Waals surface area contributed by atoms with E-state index in [1.54, 1.807) is 0 Å². The fourth-order valence-electron chi connectivity index (χ4n) is 2.99. The standard InChI is InChI=1S/C18H26N2O/c1-12-17(21)20(11-13-5-6-13)16(19-12)14-7-9-15(10-8-14)18(2,3)4/h7-10,12-13,16,19H,5-6,11H2,1-4H3. The number of nitrogens with one attached hydrogen (secondary N) is 1. The Balaban J connectivity index is 1.82. The third kappa shape index (κ3) is 2.98. The van der Waals surface area contributed by atoms with Gasteiger partial charge in [0.2, 0.25) is 5.91 Å². The second-order valence-corrected chi connectivity index (χ2v) is 7.60. The predicted octanol–water partition coefficient (Wildman–Crippen LogP) is 3.21. The Morgan fingerprint density at radius 1 is 1.19 bits per heavy atom. The number of benzene rings is 1. The molecule has 1 aliphatic heterocycles. The summed E-state index contributed by atoms with van der Waals surface area (Å²) in [5.41, 5.74) is 2.69. The maximum absolute atomic E-state index is 12.3. The van der Waals surface area contributed by atoms with E-state index in [1.165, 1.54) is 24.0 Å². The van der Waals surface area contributed by atoms with Crippen molar-refractivity contribution in [3.8, 4) is 0 Å². The normalized spacial score (nSPS) is 26.5. The van der Waals surface area contributed by atoms with Gasteiger partial charge in [0.15, 0.2) is 0 Å². The first kappa shape index (κ1) is 14.6. The first-order valence-corrected chi connectivity index (χ1v) is 8.03. The fourth-order valence-corrected chi connectivity index (χ4v) is 2.99. The molecule has 1 N–H and O–H groups in total. The van der Waals surface area contributed by atoms with Crippen LogP contribution in [0.2, 0.25) is 0 Å². The Morgan fingerprint density at radius 2 is 1.81 bits per heavy atom. The first-order valence-electron chi connectivity index (χ1n) is 8.03. The lowest BCUT2D eigenvalue weighted by Gasteiger charge is -2.26. The van der Waals surface area contributed by atoms with Gasteiger partial charge in [-0.25, -0.2) is 0 Å². The number of rotatable bonds is 3. The minimum absolute atomic E-state index is 0.0436. The van der Waals surface area contributed by atoms with Crippen molar-refractivity contribution < 1.29 is 4.79 Å². The van der Waals surface area contributed by atoms with Gasteiger partial charge in [-0.2, -0.15) is 0 Å². The molecular formula is C18H26N2O. The number of nitrogens with zero attached hydrogens (tertiary/aromatic N) is 1. The summed E-state index contributed by atoms with van der Waals surface area (Å²) >= 11 is 0. The summed E-state index contributed by atoms with van der Waals surface area (Å²) in [6.07, 6.45) is 2.59. The van der Waals surface area contributed by atoms with Crippen LogP contribution in [-0.2, 0) is 10.2 Å². The molecule has 3 nitrogen and oxygen atoms in total. The Hall–Kier alpha value is -1.35. The largest absolute Gasteiger partial charge is 0.321 e. The van der Waals surface area contributed by atoms with Crippen molar-refractivity contribution >= 4 is 5.91 Å². The summed E-state index contributed by atoms with van der Waals surface area (Å²) in [5, 5.41) is 3.44. The second kappa shape index (κ2) is 5.13. The maximum atomic E-state index is 12.3. The Morgan fingerprint density at radius 3 is 2.33 bits per heavy atom. The van der Waals surface area contributed by atoms with Gasteiger partial charge in [0.05, 0.1) is 6.04 Å². The van der Waals surface area contributed by atoms with Gasteiger partial charge >= 0.3 is 0 Å². The second-order valence-electron chi connectivity index (χ2n) is 7.60. The van der Waals surface area contributed by atoms with Gasteiger partial charge in [-0.15, -0.1) is 0 Å². The summed E-state index contributed by atoms with van der Waals surface area (Å²) in [6.45, 7) is 9.54. The molecule has 21 heavy (non-hydrogen) atoms. The Kier molecular flexibility index (Phi) is 3.56. The van der Waals surface area contributed by atoms with E-state index in [1.807, 2.05) is 11.8 Å². The highest BCUT2D eigenvalue weighted by Crippen LogP contribution is 2.35. The highest BCUT2D eigenvalue weighted by atomic mass is 16.2. The minimum Gasteiger partial charge on any atom is -0.321 e. The van der Waals surface area contributed by atoms with Crippen LogP contribution in [0.1, 0.15) is 57.8 Å². The van der Waals surface area contributed by atoms with Crippen molar-refractivity contribution in [2.24, 2.45) is 5.92 Å². The third-order valence-electron chi connectivity index (χ3n) is 4.62. The molecule has 2 unspecified atom stereocenters. The van der Waals surface area contributed by atoms with Crippen LogP contribution in [0.5, 0.6) is 0 Å². The molecule has 1 saturated heterocycles. The van der Waals surface area contributed by atoms with Gasteiger partial charge in [-0.3, -0.25) is 10.1 Å². The fraction of sp³-hybridized carbons (Fsp3) is 0.611. The maximum Gasteiger partial charge on any atom is 0.241 e. The summed E-state index contributed by atoms with van der Waals surface area (Å²) in [6, 6.07) is 8.66. The Bertz CT molecular complexity index is 525. The quantitative estimate of drug-likeness (QED) is 0.925. The summed E-state index contributed by atoms with van der Waals surface area (Å²) in [4.78, 5) is 14.4. The zero-order valence-electron chi connectivity index (χ0n) is 13.5. The van der Waals surface area contributed by atoms with Crippen molar-refractivity contribution in [3.05, 3.63) is 35.4 Å². The van der Waals surface area contributed by atoms with Gasteiger partial charge in [-0.1, -0.05) is 45.0 Å². The number of carbonyl (C=O) groups is 1. The van der Waals surface area contributed by atoms with Crippen LogP contribution in [-0.4, -0.2) is 23.4 Å². The smallest absolute Gasteiger partial charge is 0.241 e. The van der Waals surface area contributed by atoms with Crippen LogP contribution in [0.3, 0.4) is 0 Å². The molecule has 2 aliphatic rings. The number of hydrogen-bond donors (Lipinski definition) is 1. The molecule has 2 fully saturated rings. The molecule has 1 saturated carbocycles. The lowest BCUT2D eigenvalue weighted by Crippen LogP contribution is -2.32. The lowest BCUT2D eigenvalue weighted by atomic mass is 9.86. The van der Waals surface area contributed by atoms with E-state index in [4.69, 9.17) is 0 Å². The zero-order valence-corrected chi connectivity index (χ0v) is 13.5. The van der Waals surface area contributed by atoms with E-state index >= 15 is 0 Å². The van der Waals surface area contributed by atoms with Crippen LogP contribution in [0.25, 0.3) is 0 Å². The molecule has 0 aromatic heterocycles. The van der Waals surface area contributed by atoms with Gasteiger partial charge in [0.25, 0.3) is 0 Å². The number of hydrogen-bond acceptors (Lipinski definition) is 2. The molecule has 1 amide bonds. The molecule has 114 valence electrons. The van der Waals surface area contributed by atoms with E-state index in [0.29, 0.717) is 0 Å². The zero-order chi connectivity index (χ0) is 15.2. The van der Waals surface area contributed by atoms with Crippen LogP contribution in [0.15, 0.2) is 24.3 Å². The van der Waals surface area contributed by atoms with E-state index in [-0.39, 0.29) is 23.5 Å². The van der Waals surface area contributed by atoms with E-state index in [9.17, 15) is 4.79 Å². The highest BCUT2D eigenvalue weighted by molar-refractivity contribution is 5.84. The van der Waals surface area contributed by atoms with Crippen LogP contribution < -0.4 is 5.32 Å². The van der Waals surface area contributed by atoms with E-state index in [2.05, 4.69) is 50.4 Å². The molecule has 1 heterocycles. The summed E-state index contributed by atoms with van der Waals surface area (Å²) < 4.78 is 0. The first-order chi connectivity index (χ1) is 9.86. The average molecular weight is 286 g/mol. The third-order valence-corrected chi connectivity index (χ3v) is 4.62. The van der Waals surface area contributed by atoms with Crippen molar-refractivity contribution in [2.75, 3.05) is 6.54 Å². The van der Waals surface area contributed by atoms with Crippen LogP contribution in [0, 0.1) is 5.92 Å². The van der Waals surface area contributed by atoms with E-state index < -0.39 is 0 Å². The summed E-state index contributed by atoms with van der Waals surface area (Å²) in [5.74, 6) is 0.962. The molecule has 3 heteroatoms. The molecular weight excluding hydrogens is 260 g/mol. The van der Waals surface area contributed by atoms with E-state index in [0.717, 1.165) is 12.5 Å². The SMILES string of the molecule is CC1NC(c2ccc(C(C)(C)C)cc2)N(CC2CC2)C1=O. The number of carbonyl (C=O) groups excluding carboxylic acids is 1. The van der Waals surface area contributed by atoms with Crippen molar-refractivity contribution in [2.45, 2.75) is 58.2 Å². The molecule has 1 aliphatic carbocycles. The molecule has 0 spiro atoms. The molecule has 3 rings (SSSR count). The molecule has 1 aromatic carbocycles. The molecule has 0 radical (unpaired) electrons. The monoisotopic (exact) mass is 286 g/mol. The summed E-state index contributed by atoms with van der Waals surface area (Å²) in [7, 11) is 0. The van der Waals surface area contributed by atoms with Gasteiger partial charge in [0.1, 0.15) is 6.17 Å². The van der Waals surface area contributed by atoms with Gasteiger partial charge in [0, 0.05) is 6.54 Å². The lowest BCUT2D eigenvalue weighted by molar-refractivity contribution is -0.130. The van der Waals surface area contributed by atoms with Crippen molar-refractivity contribution in [1.29, 1.82) is 0 Å². The van der Waals surface area contributed by atoms with Gasteiger partial charge < -0.3 is 4.90 Å². The van der Waals surface area contributed by atoms with Crippen molar-refractivity contribution in [3.63, 3.8) is 0 Å². The highest BCUT2D eigenvalue weighted by Gasteiger charge is 2.39. The van der Waals surface area contributed by atoms with Crippen LogP contribution in [0.4, 0.5) is 0 Å². The molecule has 1 aromatic rings. The van der Waals surface area contributed by atoms with Gasteiger partial charge in [-0.05, 0) is 42.2 Å². The topological polar surface area (TPSA) is 32.3 Å².